The van der Waals surface area contributed by atoms with Gasteiger partial charge in [-0.2, -0.15) is 0 Å². The molecule has 4 rings (SSSR count). The summed E-state index contributed by atoms with van der Waals surface area (Å²) < 4.78 is 5.77. The Bertz CT molecular complexity index is 1390. The SMILES string of the molecule is C[C@H](N)C(=O)O.C[C@H](N)C(=O)O.C[C@H](N)C(=O)O.Nc1ccc2nc3c4ccccc4c(=O)cc-3oc2c1. The van der Waals surface area contributed by atoms with E-state index in [1.54, 1.807) is 18.2 Å². The summed E-state index contributed by atoms with van der Waals surface area (Å²) in [6.07, 6.45) is 0. The van der Waals surface area contributed by atoms with Crippen LogP contribution in [0.4, 0.5) is 5.69 Å². The number of aromatic nitrogens is 1. The normalized spacial score (nSPS) is 12.5. The van der Waals surface area contributed by atoms with Crippen LogP contribution in [0.15, 0.2) is 57.7 Å². The lowest BCUT2D eigenvalue weighted by Crippen LogP contribution is -2.25. The Balaban J connectivity index is 0.000000332. The number of carbonyl (C=O) groups is 3. The number of fused-ring (bicyclic) bond motifs is 4. The minimum Gasteiger partial charge on any atom is -0.480 e. The van der Waals surface area contributed by atoms with Gasteiger partial charge in [-0.05, 0) is 32.9 Å². The lowest BCUT2D eigenvalue weighted by Gasteiger charge is -2.09. The quantitative estimate of drug-likeness (QED) is 0.112. The van der Waals surface area contributed by atoms with Gasteiger partial charge in [0.05, 0.1) is 0 Å². The highest BCUT2D eigenvalue weighted by atomic mass is 16.4. The number of nitrogens with zero attached hydrogens (tertiary/aromatic N) is 1. The van der Waals surface area contributed by atoms with Gasteiger partial charge in [-0.3, -0.25) is 19.2 Å². The molecule has 1 heterocycles. The van der Waals surface area contributed by atoms with Gasteiger partial charge in [-0.1, -0.05) is 24.3 Å². The van der Waals surface area contributed by atoms with E-state index in [1.807, 2.05) is 24.3 Å². The number of benzene rings is 3. The fourth-order valence-corrected chi connectivity index (χ4v) is 2.44. The fraction of sp³-hybridized carbons (Fsp3) is 0.240. The molecule has 1 aliphatic heterocycles. The van der Waals surface area contributed by atoms with Crippen molar-refractivity contribution in [3.63, 3.8) is 0 Å². The molecule has 0 saturated carbocycles. The van der Waals surface area contributed by atoms with Crippen molar-refractivity contribution >= 4 is 45.5 Å². The predicted octanol–water partition coefficient (Wildman–Crippen LogP) is 1.28. The van der Waals surface area contributed by atoms with Crippen LogP contribution >= 0.6 is 0 Å². The van der Waals surface area contributed by atoms with Crippen molar-refractivity contribution in [3.05, 3.63) is 58.8 Å². The number of rotatable bonds is 3. The van der Waals surface area contributed by atoms with Gasteiger partial charge in [0.1, 0.15) is 29.3 Å². The first-order valence-corrected chi connectivity index (χ1v) is 11.1. The molecule has 0 saturated heterocycles. The van der Waals surface area contributed by atoms with Crippen molar-refractivity contribution in [1.82, 2.24) is 4.98 Å². The molecule has 2 aromatic carbocycles. The summed E-state index contributed by atoms with van der Waals surface area (Å²) in [6.45, 7) is 4.26. The highest BCUT2D eigenvalue weighted by Crippen LogP contribution is 2.30. The van der Waals surface area contributed by atoms with Crippen molar-refractivity contribution in [2.45, 2.75) is 38.9 Å². The van der Waals surface area contributed by atoms with Crippen LogP contribution in [0, 0.1) is 0 Å². The number of carboxylic acids is 3. The molecule has 13 heteroatoms. The molecule has 11 N–H and O–H groups in total. The molecule has 13 nitrogen and oxygen atoms in total. The van der Waals surface area contributed by atoms with Crippen LogP contribution in [0.5, 0.6) is 0 Å². The van der Waals surface area contributed by atoms with Gasteiger partial charge in [0.15, 0.2) is 16.8 Å². The first-order chi connectivity index (χ1) is 17.6. The second kappa shape index (κ2) is 14.2. The summed E-state index contributed by atoms with van der Waals surface area (Å²) in [7, 11) is 0. The molecule has 0 bridgehead atoms. The Kier molecular flexibility index (Phi) is 11.8. The highest BCUT2D eigenvalue weighted by molar-refractivity contribution is 5.96. The van der Waals surface area contributed by atoms with E-state index in [0.29, 0.717) is 28.1 Å². The number of anilines is 1. The van der Waals surface area contributed by atoms with E-state index in [1.165, 1.54) is 26.8 Å². The maximum absolute atomic E-state index is 12.1. The minimum absolute atomic E-state index is 0.0677. The minimum atomic E-state index is -0.963. The van der Waals surface area contributed by atoms with Crippen molar-refractivity contribution < 1.29 is 34.1 Å². The van der Waals surface area contributed by atoms with E-state index in [9.17, 15) is 19.2 Å². The van der Waals surface area contributed by atoms with Gasteiger partial charge in [-0.25, -0.2) is 4.98 Å². The zero-order chi connectivity index (χ0) is 29.2. The lowest BCUT2D eigenvalue weighted by atomic mass is 10.0. The smallest absolute Gasteiger partial charge is 0.320 e. The third-order valence-electron chi connectivity index (χ3n) is 4.55. The predicted molar refractivity (Wildman–Crippen MR) is 143 cm³/mol. The van der Waals surface area contributed by atoms with Gasteiger partial charge in [0, 0.05) is 28.6 Å². The fourth-order valence-electron chi connectivity index (χ4n) is 2.44. The maximum atomic E-state index is 12.1. The molecule has 204 valence electrons. The Hall–Kier alpha value is -4.59. The average molecular weight is 530 g/mol. The molecular formula is C25H31N5O8. The number of nitrogens with two attached hydrogens (primary N) is 4. The van der Waals surface area contributed by atoms with E-state index in [4.69, 9.17) is 42.7 Å². The van der Waals surface area contributed by atoms with Crippen LogP contribution in [0.3, 0.4) is 0 Å². The van der Waals surface area contributed by atoms with E-state index in [2.05, 4.69) is 4.98 Å². The van der Waals surface area contributed by atoms with Crippen molar-refractivity contribution in [1.29, 1.82) is 0 Å². The molecule has 38 heavy (non-hydrogen) atoms. The van der Waals surface area contributed by atoms with Crippen molar-refractivity contribution in [2.24, 2.45) is 17.2 Å². The molecule has 2 aromatic rings. The van der Waals surface area contributed by atoms with Crippen LogP contribution in [0.1, 0.15) is 20.8 Å². The molecular weight excluding hydrogens is 498 g/mol. The Morgan fingerprint density at radius 2 is 1.24 bits per heavy atom. The van der Waals surface area contributed by atoms with E-state index < -0.39 is 36.0 Å². The van der Waals surface area contributed by atoms with E-state index in [0.717, 1.165) is 10.9 Å². The largest absolute Gasteiger partial charge is 0.480 e. The molecule has 0 radical (unpaired) electrons. The van der Waals surface area contributed by atoms with Crippen molar-refractivity contribution in [2.75, 3.05) is 5.73 Å². The van der Waals surface area contributed by atoms with Crippen LogP contribution in [0.25, 0.3) is 33.3 Å². The van der Waals surface area contributed by atoms with Crippen LogP contribution in [-0.2, 0) is 14.4 Å². The summed E-state index contributed by atoms with van der Waals surface area (Å²) in [4.78, 5) is 45.4. The van der Waals surface area contributed by atoms with Crippen LogP contribution in [-0.4, -0.2) is 56.3 Å². The number of hydrogen-bond acceptors (Lipinski definition) is 10. The second-order valence-corrected chi connectivity index (χ2v) is 8.09. The van der Waals surface area contributed by atoms with Gasteiger partial charge < -0.3 is 42.7 Å². The Morgan fingerprint density at radius 1 is 0.789 bits per heavy atom. The van der Waals surface area contributed by atoms with E-state index in [-0.39, 0.29) is 5.43 Å². The van der Waals surface area contributed by atoms with Gasteiger partial charge in [-0.15, -0.1) is 0 Å². The number of hydrogen-bond donors (Lipinski definition) is 7. The maximum Gasteiger partial charge on any atom is 0.320 e. The summed E-state index contributed by atoms with van der Waals surface area (Å²) in [5, 5.41) is 25.1. The Morgan fingerprint density at radius 3 is 1.68 bits per heavy atom. The second-order valence-electron chi connectivity index (χ2n) is 8.09. The van der Waals surface area contributed by atoms with E-state index >= 15 is 0 Å². The third-order valence-corrected chi connectivity index (χ3v) is 4.55. The molecule has 0 amide bonds. The van der Waals surface area contributed by atoms with Crippen LogP contribution < -0.4 is 28.4 Å². The third kappa shape index (κ3) is 9.46. The molecule has 1 aliphatic carbocycles. The molecule has 0 unspecified atom stereocenters. The first-order valence-electron chi connectivity index (χ1n) is 11.1. The topological polar surface area (TPSA) is 259 Å². The zero-order valence-corrected chi connectivity index (χ0v) is 21.0. The van der Waals surface area contributed by atoms with Crippen LogP contribution in [0.2, 0.25) is 0 Å². The molecule has 0 fully saturated rings. The van der Waals surface area contributed by atoms with Gasteiger partial charge >= 0.3 is 17.9 Å². The standard InChI is InChI=1S/C16H10N2O2.3C3H7NO2/c17-9-5-6-12-14(7-9)20-15-8-13(19)10-3-1-2-4-11(10)16(15)18-12;3*1-2(4)3(5)6/h1-8H,17H2;3*2H,4H2,1H3,(H,5,6)/t;3*2-/m.000/s1. The Labute approximate surface area is 217 Å². The summed E-state index contributed by atoms with van der Waals surface area (Å²) in [5.74, 6) is -2.41. The number of aliphatic carboxylic acids is 3. The molecule has 3 atom stereocenters. The molecule has 2 aliphatic rings. The monoisotopic (exact) mass is 529 g/mol. The number of nitrogen functional groups attached to an aromatic ring is 1. The van der Waals surface area contributed by atoms with Crippen molar-refractivity contribution in [3.8, 4) is 11.5 Å². The molecule has 0 aromatic heterocycles. The number of carboxylic acid groups (broad SMARTS) is 3. The summed E-state index contributed by atoms with van der Waals surface area (Å²) in [5.41, 5.74) is 22.8. The zero-order valence-electron chi connectivity index (χ0n) is 21.0. The summed E-state index contributed by atoms with van der Waals surface area (Å²) >= 11 is 0. The lowest BCUT2D eigenvalue weighted by molar-refractivity contribution is -0.139. The average Bonchev–Trinajstić information content (AvgIpc) is 2.84. The van der Waals surface area contributed by atoms with Gasteiger partial charge in [0.25, 0.3) is 0 Å². The summed E-state index contributed by atoms with van der Waals surface area (Å²) in [6, 6.07) is 12.0. The highest BCUT2D eigenvalue weighted by Gasteiger charge is 2.15. The van der Waals surface area contributed by atoms with Gasteiger partial charge in [0.2, 0.25) is 0 Å². The first kappa shape index (κ1) is 31.4. The molecule has 0 spiro atoms.